The Morgan fingerprint density at radius 1 is 0.692 bits per heavy atom. The molecule has 3 fully saturated rings. The maximum atomic E-state index is 13.1. The molecule has 0 aromatic heterocycles. The molecule has 2 aromatic carbocycles. The predicted octanol–water partition coefficient (Wildman–Crippen LogP) is 3.91. The molecule has 3 nitrogen and oxygen atoms in total. The van der Waals surface area contributed by atoms with Gasteiger partial charge < -0.3 is 0 Å². The number of rotatable bonds is 2. The molecule has 1 aliphatic heterocycles. The third-order valence-corrected chi connectivity index (χ3v) is 6.90. The molecule has 1 heterocycles. The molecule has 4 aliphatic carbocycles. The molecular weight excluding hydrogens is 322 g/mol. The first-order valence-electron chi connectivity index (χ1n) is 9.45. The van der Waals surface area contributed by atoms with Crippen LogP contribution in [0.15, 0.2) is 66.7 Å². The maximum absolute atomic E-state index is 13.1. The Bertz CT molecular complexity index is 910. The second-order valence-electron chi connectivity index (χ2n) is 8.08. The molecule has 3 heteroatoms. The highest BCUT2D eigenvalue weighted by Crippen LogP contribution is 2.65. The van der Waals surface area contributed by atoms with Gasteiger partial charge in [0.15, 0.2) is 0 Å². The van der Waals surface area contributed by atoms with Crippen LogP contribution in [0, 0.1) is 35.5 Å². The Kier molecular flexibility index (Phi) is 2.75. The number of hydrogen-bond donors (Lipinski definition) is 0. The van der Waals surface area contributed by atoms with E-state index in [-0.39, 0.29) is 35.5 Å². The molecule has 7 rings (SSSR count). The lowest BCUT2D eigenvalue weighted by Crippen LogP contribution is -2.40. The van der Waals surface area contributed by atoms with E-state index in [0.717, 1.165) is 11.1 Å². The third kappa shape index (κ3) is 1.78. The number of amides is 2. The molecule has 2 bridgehead atoms. The molecule has 0 spiro atoms. The summed E-state index contributed by atoms with van der Waals surface area (Å²) in [5.74, 6) is 1.60. The minimum absolute atomic E-state index is 0.0113. The van der Waals surface area contributed by atoms with Crippen molar-refractivity contribution in [3.8, 4) is 11.1 Å². The van der Waals surface area contributed by atoms with Gasteiger partial charge >= 0.3 is 0 Å². The predicted molar refractivity (Wildman–Crippen MR) is 99.1 cm³/mol. The Hall–Kier alpha value is -2.68. The third-order valence-electron chi connectivity index (χ3n) is 6.90. The Morgan fingerprint density at radius 3 is 1.81 bits per heavy atom. The zero-order valence-electron chi connectivity index (χ0n) is 14.3. The minimum Gasteiger partial charge on any atom is -0.274 e. The van der Waals surface area contributed by atoms with E-state index < -0.39 is 0 Å². The molecule has 5 aliphatic rings. The average molecular weight is 341 g/mol. The average Bonchev–Trinajstić information content (AvgIpc) is 3.47. The lowest BCUT2D eigenvalue weighted by molar-refractivity contribution is -0.124. The second-order valence-corrected chi connectivity index (χ2v) is 8.08. The van der Waals surface area contributed by atoms with Crippen LogP contribution in [-0.2, 0) is 9.59 Å². The Labute approximate surface area is 152 Å². The summed E-state index contributed by atoms with van der Waals surface area (Å²) in [5.41, 5.74) is 2.94. The van der Waals surface area contributed by atoms with E-state index in [2.05, 4.69) is 24.3 Å². The number of nitrogens with zero attached hydrogens (tertiary/aromatic N) is 1. The normalized spacial score (nSPS) is 36.2. The molecule has 6 atom stereocenters. The number of hydrogen-bond acceptors (Lipinski definition) is 2. The van der Waals surface area contributed by atoms with E-state index in [4.69, 9.17) is 0 Å². The monoisotopic (exact) mass is 341 g/mol. The molecule has 2 saturated carbocycles. The summed E-state index contributed by atoms with van der Waals surface area (Å²) in [6, 6.07) is 17.9. The molecule has 0 radical (unpaired) electrons. The topological polar surface area (TPSA) is 37.4 Å². The zero-order chi connectivity index (χ0) is 17.4. The lowest BCUT2D eigenvalue weighted by atomic mass is 9.63. The van der Waals surface area contributed by atoms with E-state index in [9.17, 15) is 9.59 Å². The summed E-state index contributed by atoms with van der Waals surface area (Å²) in [6.07, 6.45) is 5.63. The highest BCUT2D eigenvalue weighted by Gasteiger charge is 2.67. The van der Waals surface area contributed by atoms with Gasteiger partial charge in [-0.25, -0.2) is 0 Å². The number of carbonyl (C=O) groups excluding carboxylic acids is 2. The van der Waals surface area contributed by atoms with Gasteiger partial charge in [0.2, 0.25) is 11.8 Å². The molecule has 128 valence electrons. The van der Waals surface area contributed by atoms with Crippen LogP contribution in [0.25, 0.3) is 11.1 Å². The van der Waals surface area contributed by atoms with Gasteiger partial charge in [0, 0.05) is 0 Å². The van der Waals surface area contributed by atoms with Gasteiger partial charge in [-0.15, -0.1) is 0 Å². The van der Waals surface area contributed by atoms with Crippen molar-refractivity contribution in [2.24, 2.45) is 35.5 Å². The first-order chi connectivity index (χ1) is 12.7. The van der Waals surface area contributed by atoms with Crippen molar-refractivity contribution in [3.05, 3.63) is 66.7 Å². The SMILES string of the molecule is O=C1[C@@H]2[C@@H]3C=C[C@H]([C@@H]4C[C@H]34)[C@@H]2C(=O)N1c1ccc(-c2ccccc2)cc1. The fourth-order valence-electron chi connectivity index (χ4n) is 5.65. The van der Waals surface area contributed by atoms with Crippen molar-refractivity contribution >= 4 is 17.5 Å². The van der Waals surface area contributed by atoms with Gasteiger partial charge in [0.1, 0.15) is 0 Å². The van der Waals surface area contributed by atoms with E-state index in [1.165, 1.54) is 11.3 Å². The van der Waals surface area contributed by atoms with Gasteiger partial charge in [0.25, 0.3) is 0 Å². The number of allylic oxidation sites excluding steroid dienone is 2. The molecular formula is C23H19NO2. The lowest BCUT2D eigenvalue weighted by Gasteiger charge is -2.37. The van der Waals surface area contributed by atoms with E-state index in [1.54, 1.807) is 0 Å². The molecule has 2 amide bonds. The fourth-order valence-corrected chi connectivity index (χ4v) is 5.65. The zero-order valence-corrected chi connectivity index (χ0v) is 14.3. The van der Waals surface area contributed by atoms with Crippen molar-refractivity contribution < 1.29 is 9.59 Å². The van der Waals surface area contributed by atoms with Crippen molar-refractivity contribution in [1.82, 2.24) is 0 Å². The summed E-state index contributed by atoms with van der Waals surface area (Å²) in [7, 11) is 0. The first-order valence-corrected chi connectivity index (χ1v) is 9.45. The summed E-state index contributed by atoms with van der Waals surface area (Å²) < 4.78 is 0. The smallest absolute Gasteiger partial charge is 0.238 e. The van der Waals surface area contributed by atoms with Gasteiger partial charge in [-0.2, -0.15) is 0 Å². The standard InChI is InChI=1S/C23H19NO2/c25-22-20-16-10-11-17(19-12-18(16)19)21(20)23(26)24(22)15-8-6-14(7-9-15)13-4-2-1-3-5-13/h1-11,16-21H,12H2/t16-,17-,18-,19+,20-,21+/m1/s1. The van der Waals surface area contributed by atoms with Gasteiger partial charge in [-0.1, -0.05) is 54.6 Å². The molecule has 2 aromatic rings. The first kappa shape index (κ1) is 14.5. The van der Waals surface area contributed by atoms with Crippen LogP contribution >= 0.6 is 0 Å². The number of anilines is 1. The Balaban J connectivity index is 1.35. The number of imide groups is 1. The fraction of sp³-hybridized carbons (Fsp3) is 0.304. The molecule has 1 saturated heterocycles. The summed E-state index contributed by atoms with van der Waals surface area (Å²) in [5, 5.41) is 0. The van der Waals surface area contributed by atoms with Crippen LogP contribution in [0.1, 0.15) is 6.42 Å². The number of carbonyl (C=O) groups is 2. The summed E-state index contributed by atoms with van der Waals surface area (Å²) in [4.78, 5) is 27.7. The van der Waals surface area contributed by atoms with Crippen LogP contribution < -0.4 is 4.90 Å². The van der Waals surface area contributed by atoms with Gasteiger partial charge in [-0.3, -0.25) is 14.5 Å². The summed E-state index contributed by atoms with van der Waals surface area (Å²) in [6.45, 7) is 0. The Morgan fingerprint density at radius 2 is 1.23 bits per heavy atom. The van der Waals surface area contributed by atoms with Crippen molar-refractivity contribution in [2.45, 2.75) is 6.42 Å². The van der Waals surface area contributed by atoms with Crippen molar-refractivity contribution in [2.75, 3.05) is 4.90 Å². The highest BCUT2D eigenvalue weighted by atomic mass is 16.2. The van der Waals surface area contributed by atoms with E-state index in [1.807, 2.05) is 42.5 Å². The molecule has 0 N–H and O–H groups in total. The van der Waals surface area contributed by atoms with Crippen LogP contribution in [-0.4, -0.2) is 11.8 Å². The maximum Gasteiger partial charge on any atom is 0.238 e. The largest absolute Gasteiger partial charge is 0.274 e. The quantitative estimate of drug-likeness (QED) is 0.613. The van der Waals surface area contributed by atoms with Crippen LogP contribution in [0.3, 0.4) is 0 Å². The minimum atomic E-state index is -0.130. The molecule has 26 heavy (non-hydrogen) atoms. The summed E-state index contributed by atoms with van der Waals surface area (Å²) >= 11 is 0. The van der Waals surface area contributed by atoms with Crippen molar-refractivity contribution in [1.29, 1.82) is 0 Å². The van der Waals surface area contributed by atoms with E-state index in [0.29, 0.717) is 17.5 Å². The highest BCUT2D eigenvalue weighted by molar-refractivity contribution is 6.22. The van der Waals surface area contributed by atoms with Gasteiger partial charge in [0.05, 0.1) is 17.5 Å². The van der Waals surface area contributed by atoms with Gasteiger partial charge in [-0.05, 0) is 53.4 Å². The van der Waals surface area contributed by atoms with Crippen LogP contribution in [0.4, 0.5) is 5.69 Å². The van der Waals surface area contributed by atoms with Crippen LogP contribution in [0.2, 0.25) is 0 Å². The second kappa shape index (κ2) is 4.94. The van der Waals surface area contributed by atoms with Crippen molar-refractivity contribution in [3.63, 3.8) is 0 Å². The van der Waals surface area contributed by atoms with E-state index >= 15 is 0 Å². The number of benzene rings is 2. The molecule has 0 unspecified atom stereocenters. The van der Waals surface area contributed by atoms with Crippen LogP contribution in [0.5, 0.6) is 0 Å².